The molecule has 0 aromatic heterocycles. The fraction of sp³-hybridized carbons (Fsp3) is 0.455. The number of rotatable bonds is 2. The molecule has 6 nitrogen and oxygen atoms in total. The molecule has 6 aromatic rings. The number of aliphatic hydroxyl groups is 2. The van der Waals surface area contributed by atoms with E-state index in [0.717, 1.165) is 159 Å². The third kappa shape index (κ3) is 11.6. The van der Waals surface area contributed by atoms with E-state index in [1.54, 1.807) is 0 Å². The van der Waals surface area contributed by atoms with Gasteiger partial charge in [-0.1, -0.05) is 171 Å². The lowest BCUT2D eigenvalue weighted by Crippen LogP contribution is -2.50. The molecule has 4 fully saturated rings. The Hall–Kier alpha value is -7.16. The minimum atomic E-state index is -1.04. The van der Waals surface area contributed by atoms with Crippen LogP contribution < -0.4 is 9.47 Å². The molecular formula is C88H96O6. The summed E-state index contributed by atoms with van der Waals surface area (Å²) in [6.07, 6.45) is 15.1. The fourth-order valence-electron chi connectivity index (χ4n) is 19.7. The van der Waals surface area contributed by atoms with Gasteiger partial charge in [0.05, 0.1) is 25.4 Å². The van der Waals surface area contributed by atoms with E-state index in [4.69, 9.17) is 18.9 Å². The molecule has 4 saturated carbocycles. The highest BCUT2D eigenvalue weighted by Gasteiger charge is 2.63. The lowest BCUT2D eigenvalue weighted by atomic mass is 9.53. The number of aryl methyl sites for hydroxylation is 2. The van der Waals surface area contributed by atoms with E-state index in [0.29, 0.717) is 61.9 Å². The summed E-state index contributed by atoms with van der Waals surface area (Å²) in [6.45, 7) is 24.3. The van der Waals surface area contributed by atoms with Crippen molar-refractivity contribution < 1.29 is 29.2 Å². The van der Waals surface area contributed by atoms with Crippen LogP contribution in [0.4, 0.5) is 0 Å². The molecule has 14 atom stereocenters. The zero-order chi connectivity index (χ0) is 64.7. The monoisotopic (exact) mass is 1250 g/mol. The van der Waals surface area contributed by atoms with Crippen molar-refractivity contribution in [1.82, 2.24) is 0 Å². The van der Waals surface area contributed by atoms with Gasteiger partial charge in [-0.15, -0.1) is 0 Å². The van der Waals surface area contributed by atoms with Crippen LogP contribution in [0.1, 0.15) is 188 Å². The maximum Gasteiger partial charge on any atom is 0.131 e. The van der Waals surface area contributed by atoms with Gasteiger partial charge in [0.25, 0.3) is 0 Å². The third-order valence-electron chi connectivity index (χ3n) is 25.9. The summed E-state index contributed by atoms with van der Waals surface area (Å²) in [5.74, 6) is 19.8. The van der Waals surface area contributed by atoms with E-state index in [9.17, 15) is 10.2 Å². The molecule has 2 N–H and O–H groups in total. The van der Waals surface area contributed by atoms with Gasteiger partial charge >= 0.3 is 0 Å². The lowest BCUT2D eigenvalue weighted by molar-refractivity contribution is -0.0648. The predicted molar refractivity (Wildman–Crippen MR) is 378 cm³/mol. The van der Waals surface area contributed by atoms with Gasteiger partial charge in [-0.05, 0) is 280 Å². The molecule has 0 unspecified atom stereocenters. The van der Waals surface area contributed by atoms with Gasteiger partial charge in [0.15, 0.2) is 0 Å². The minimum absolute atomic E-state index is 0.0767. The van der Waals surface area contributed by atoms with Crippen molar-refractivity contribution in [3.05, 3.63) is 225 Å². The quantitative estimate of drug-likeness (QED) is 0.133. The second kappa shape index (κ2) is 25.1. The van der Waals surface area contributed by atoms with Crippen LogP contribution in [-0.4, -0.2) is 33.6 Å². The van der Waals surface area contributed by atoms with E-state index in [2.05, 4.69) is 212 Å². The van der Waals surface area contributed by atoms with E-state index in [-0.39, 0.29) is 34.9 Å². The predicted octanol–water partition coefficient (Wildman–Crippen LogP) is 19.4. The topological polar surface area (TPSA) is 77.4 Å². The molecule has 8 aliphatic carbocycles. The van der Waals surface area contributed by atoms with E-state index in [1.165, 1.54) is 55.7 Å². The average Bonchev–Trinajstić information content (AvgIpc) is 1.52. The molecule has 0 saturated heterocycles. The highest BCUT2D eigenvalue weighted by Crippen LogP contribution is 2.66. The van der Waals surface area contributed by atoms with Crippen LogP contribution in [-0.2, 0) is 48.7 Å². The number of hydrogen-bond acceptors (Lipinski definition) is 6. The first-order chi connectivity index (χ1) is 45.4. The first kappa shape index (κ1) is 62.9. The molecule has 0 radical (unpaired) electrons. The van der Waals surface area contributed by atoms with Gasteiger partial charge < -0.3 is 29.2 Å². The van der Waals surface area contributed by atoms with Gasteiger partial charge in [0.1, 0.15) is 35.9 Å². The van der Waals surface area contributed by atoms with Gasteiger partial charge in [-0.2, -0.15) is 0 Å². The molecule has 6 heteroatoms. The number of allylic oxidation sites excluding steroid dienone is 4. The smallest absolute Gasteiger partial charge is 0.131 e. The van der Waals surface area contributed by atoms with Crippen LogP contribution in [0.25, 0.3) is 22.3 Å². The van der Waals surface area contributed by atoms with Crippen molar-refractivity contribution in [3.63, 3.8) is 0 Å². The van der Waals surface area contributed by atoms with Crippen LogP contribution in [0.15, 0.2) is 180 Å². The Balaban J connectivity index is 0.676. The molecule has 34 rings (SSSR count). The Morgan fingerprint density at radius 3 is 1.18 bits per heavy atom. The maximum absolute atomic E-state index is 12.8. The van der Waals surface area contributed by atoms with E-state index < -0.39 is 11.2 Å². The Morgan fingerprint density at radius 2 is 0.819 bits per heavy atom. The summed E-state index contributed by atoms with van der Waals surface area (Å²) in [5.41, 5.74) is 19.3. The Kier molecular flexibility index (Phi) is 16.8. The Morgan fingerprint density at radius 1 is 0.457 bits per heavy atom. The highest BCUT2D eigenvalue weighted by atomic mass is 16.5. The van der Waals surface area contributed by atoms with Crippen LogP contribution in [0.3, 0.4) is 0 Å². The van der Waals surface area contributed by atoms with E-state index >= 15 is 0 Å². The molecule has 28 aliphatic rings. The van der Waals surface area contributed by atoms with Gasteiger partial charge in [-0.3, -0.25) is 0 Å². The lowest BCUT2D eigenvalue weighted by Gasteiger charge is -2.52. The molecule has 0 spiro atoms. The van der Waals surface area contributed by atoms with Crippen molar-refractivity contribution in [1.29, 1.82) is 0 Å². The van der Waals surface area contributed by atoms with Gasteiger partial charge in [-0.25, -0.2) is 0 Å². The summed E-state index contributed by atoms with van der Waals surface area (Å²) in [7, 11) is 0. The summed E-state index contributed by atoms with van der Waals surface area (Å²) in [6, 6.07) is 48.9. The Labute approximate surface area is 560 Å². The first-order valence-electron chi connectivity index (χ1n) is 35.7. The molecule has 20 aliphatic heterocycles. The van der Waals surface area contributed by atoms with Crippen LogP contribution in [0, 0.1) is 70.0 Å². The second-order valence-electron chi connectivity index (χ2n) is 31.0. The summed E-state index contributed by atoms with van der Waals surface area (Å²) >= 11 is 0. The average molecular weight is 1250 g/mol. The molecule has 6 aromatic carbocycles. The van der Waals surface area contributed by atoms with Crippen molar-refractivity contribution in [2.24, 2.45) is 46.3 Å². The summed E-state index contributed by atoms with van der Waals surface area (Å²) in [4.78, 5) is 0. The third-order valence-corrected chi connectivity index (χ3v) is 25.9. The van der Waals surface area contributed by atoms with Gasteiger partial charge in [0.2, 0.25) is 0 Å². The number of benzene rings is 6. The SMILES string of the molecule is C=C(C)[C@@H]1CC2=C(C)[C@H](C1)OCc1ccc(cc1)-c1ccc(cc1)COc1ccc3c(c1)CC[C@@H]1[C@@H]3CC[C@@]3(C)[C@H]1CC[C@@]3(O)C#CC1=C(C)[C@H](C[C@H](C(=C)C)C1)OCc1ccc(cc1)-c1ccc(cc1)COc1ccc3c(c1)CC[C@@H]1[C@@H]3CC[C@@]3(C)[C@H]1CC[C@@]3(O)C#C2. The standard InChI is InChI=1S/C88H96O6/c1-55(2)71-45-67-33-41-87(89)43-37-81-79-29-25-69-47-73(27-31-75(69)77(79)35-39-85(81,87)7)92-52-60-11-19-64(20-12-60)66-23-15-62(16-24-66)54-94-84-50-72(56(3)4)46-68(58(84)6)34-42-88(90)44-38-82-80-30-26-70-48-74(28-32-76(70)78(80)36-40-86(82,88)8)91-51-59-9-17-63(18-10-59)65-21-13-61(14-22-65)53-93-83(49-71)57(67)5/h9-24,27-28,31-32,47-48,71-72,77-84,89-90H,1,3,25-26,29-30,35-40,43-46,49-54H2,2,4-8H3/t71-,72-,77-,78-,79-,80-,81+,82+,83+,84+,85+,86+,87+,88+/m1/s1. The number of ether oxygens (including phenoxy) is 4. The van der Waals surface area contributed by atoms with E-state index in [1.807, 2.05) is 0 Å². The number of hydrogen-bond donors (Lipinski definition) is 2. The van der Waals surface area contributed by atoms with Crippen molar-refractivity contribution in [2.75, 3.05) is 0 Å². The van der Waals surface area contributed by atoms with Crippen molar-refractivity contribution >= 4 is 0 Å². The molecule has 484 valence electrons. The molecular weight excluding hydrogens is 1150 g/mol. The second-order valence-corrected chi connectivity index (χ2v) is 31.0. The van der Waals surface area contributed by atoms with Crippen molar-refractivity contribution in [3.8, 4) is 57.4 Å². The molecule has 0 amide bonds. The van der Waals surface area contributed by atoms with Crippen molar-refractivity contribution in [2.45, 2.75) is 206 Å². The Bertz CT molecular complexity index is 3840. The minimum Gasteiger partial charge on any atom is -0.489 e. The summed E-state index contributed by atoms with van der Waals surface area (Å²) < 4.78 is 26.7. The van der Waals surface area contributed by atoms with Crippen LogP contribution in [0.5, 0.6) is 11.5 Å². The molecule has 28 bridgehead atoms. The largest absolute Gasteiger partial charge is 0.489 e. The summed E-state index contributed by atoms with van der Waals surface area (Å²) in [5, 5.41) is 25.6. The zero-order valence-electron chi connectivity index (χ0n) is 56.6. The van der Waals surface area contributed by atoms with Crippen LogP contribution in [0.2, 0.25) is 0 Å². The van der Waals surface area contributed by atoms with Gasteiger partial charge in [0, 0.05) is 22.0 Å². The molecule has 20 heterocycles. The zero-order valence-corrected chi connectivity index (χ0v) is 56.6. The highest BCUT2D eigenvalue weighted by molar-refractivity contribution is 5.65. The normalized spacial score (nSPS) is 32.7. The molecule has 94 heavy (non-hydrogen) atoms. The van der Waals surface area contributed by atoms with Crippen LogP contribution >= 0.6 is 0 Å². The maximum atomic E-state index is 12.8. The fourth-order valence-corrected chi connectivity index (χ4v) is 19.7. The first-order valence-corrected chi connectivity index (χ1v) is 35.7.